The molecule has 2 fully saturated rings. The maximum atomic E-state index is 11.6. The van der Waals surface area contributed by atoms with Crippen molar-refractivity contribution >= 4 is 11.8 Å². The third kappa shape index (κ3) is 2.18. The summed E-state index contributed by atoms with van der Waals surface area (Å²) < 4.78 is 0. The average molecular weight is 212 g/mol. The van der Waals surface area contributed by atoms with Gasteiger partial charge in [0.2, 0.25) is 11.8 Å². The molecule has 2 atom stereocenters. The van der Waals surface area contributed by atoms with Gasteiger partial charge in [-0.25, -0.2) is 0 Å². The lowest BCUT2D eigenvalue weighted by Crippen LogP contribution is -2.52. The van der Waals surface area contributed by atoms with Crippen LogP contribution in [0.15, 0.2) is 0 Å². The summed E-state index contributed by atoms with van der Waals surface area (Å²) in [5, 5.41) is 15.3. The molecule has 0 spiro atoms. The number of rotatable bonds is 1. The first-order valence-electron chi connectivity index (χ1n) is 5.41. The van der Waals surface area contributed by atoms with E-state index in [1.165, 1.54) is 0 Å². The molecule has 2 aliphatic rings. The van der Waals surface area contributed by atoms with Crippen molar-refractivity contribution in [1.29, 1.82) is 0 Å². The zero-order chi connectivity index (χ0) is 10.8. The number of carbonyl (C=O) groups is 2. The number of imide groups is 1. The maximum absolute atomic E-state index is 11.6. The largest absolute Gasteiger partial charge is 0.392 e. The van der Waals surface area contributed by atoms with E-state index in [2.05, 4.69) is 10.6 Å². The van der Waals surface area contributed by atoms with Gasteiger partial charge in [0.05, 0.1) is 18.4 Å². The van der Waals surface area contributed by atoms with Gasteiger partial charge in [0.25, 0.3) is 0 Å². The van der Waals surface area contributed by atoms with Crippen molar-refractivity contribution in [3.05, 3.63) is 0 Å². The van der Waals surface area contributed by atoms with Gasteiger partial charge in [0, 0.05) is 0 Å². The summed E-state index contributed by atoms with van der Waals surface area (Å²) in [5.74, 6) is -0.859. The van der Waals surface area contributed by atoms with E-state index in [0.717, 1.165) is 25.9 Å². The van der Waals surface area contributed by atoms with Crippen molar-refractivity contribution in [3.63, 3.8) is 0 Å². The predicted octanol–water partition coefficient (Wildman–Crippen LogP) is -0.990. The molecule has 2 aliphatic heterocycles. The van der Waals surface area contributed by atoms with Crippen LogP contribution in [0.4, 0.5) is 0 Å². The highest BCUT2D eigenvalue weighted by Crippen LogP contribution is 2.28. The summed E-state index contributed by atoms with van der Waals surface area (Å²) in [6.45, 7) is 1.77. The minimum absolute atomic E-state index is 0.0559. The van der Waals surface area contributed by atoms with Crippen molar-refractivity contribution in [2.45, 2.75) is 25.4 Å². The fourth-order valence-corrected chi connectivity index (χ4v) is 2.50. The number of nitrogens with one attached hydrogen (secondary N) is 2. The van der Waals surface area contributed by atoms with Gasteiger partial charge in [-0.3, -0.25) is 14.9 Å². The highest BCUT2D eigenvalue weighted by molar-refractivity contribution is 5.99. The molecular weight excluding hydrogens is 196 g/mol. The molecule has 2 amide bonds. The second-order valence-electron chi connectivity index (χ2n) is 4.30. The van der Waals surface area contributed by atoms with Crippen LogP contribution in [0, 0.1) is 11.8 Å². The number of aliphatic hydroxyl groups is 1. The highest BCUT2D eigenvalue weighted by Gasteiger charge is 2.40. The first-order chi connectivity index (χ1) is 7.18. The molecule has 5 heteroatoms. The first-order valence-corrected chi connectivity index (χ1v) is 5.41. The predicted molar refractivity (Wildman–Crippen MR) is 52.9 cm³/mol. The SMILES string of the molecule is O=C1CC(O)C(C2CCNCC2)C(=O)N1. The Morgan fingerprint density at radius 2 is 1.87 bits per heavy atom. The molecule has 2 saturated heterocycles. The van der Waals surface area contributed by atoms with Gasteiger partial charge in [-0.05, 0) is 31.8 Å². The lowest BCUT2D eigenvalue weighted by atomic mass is 9.78. The number of amides is 2. The van der Waals surface area contributed by atoms with Gasteiger partial charge in [-0.15, -0.1) is 0 Å². The molecule has 0 saturated carbocycles. The van der Waals surface area contributed by atoms with Gasteiger partial charge in [-0.1, -0.05) is 0 Å². The Hall–Kier alpha value is -0.940. The molecule has 2 unspecified atom stereocenters. The standard InChI is InChI=1S/C10H16N2O3/c13-7-5-8(14)12-10(15)9(7)6-1-3-11-4-2-6/h6-7,9,11,13H,1-5H2,(H,12,14,15). The van der Waals surface area contributed by atoms with Crippen LogP contribution in [0.25, 0.3) is 0 Å². The summed E-state index contributed by atoms with van der Waals surface area (Å²) in [6, 6.07) is 0. The summed E-state index contributed by atoms with van der Waals surface area (Å²) in [5.41, 5.74) is 0. The summed E-state index contributed by atoms with van der Waals surface area (Å²) in [7, 11) is 0. The van der Waals surface area contributed by atoms with Crippen LogP contribution in [-0.4, -0.2) is 36.1 Å². The lowest BCUT2D eigenvalue weighted by Gasteiger charge is -2.34. The molecule has 0 aromatic heterocycles. The van der Waals surface area contributed by atoms with E-state index < -0.39 is 12.0 Å². The fourth-order valence-electron chi connectivity index (χ4n) is 2.50. The van der Waals surface area contributed by atoms with E-state index in [1.54, 1.807) is 0 Å². The first kappa shape index (κ1) is 10.6. The zero-order valence-electron chi connectivity index (χ0n) is 8.53. The summed E-state index contributed by atoms with van der Waals surface area (Å²) in [6.07, 6.45) is 1.04. The van der Waals surface area contributed by atoms with Gasteiger partial charge in [0.1, 0.15) is 0 Å². The number of hydrogen-bond acceptors (Lipinski definition) is 4. The molecule has 0 aromatic rings. The molecule has 2 rings (SSSR count). The Kier molecular flexibility index (Phi) is 3.02. The molecule has 0 bridgehead atoms. The van der Waals surface area contributed by atoms with Crippen LogP contribution >= 0.6 is 0 Å². The minimum Gasteiger partial charge on any atom is -0.392 e. The van der Waals surface area contributed by atoms with Crippen LogP contribution in [0.2, 0.25) is 0 Å². The van der Waals surface area contributed by atoms with Crippen LogP contribution in [0.3, 0.4) is 0 Å². The fraction of sp³-hybridized carbons (Fsp3) is 0.800. The van der Waals surface area contributed by atoms with Gasteiger partial charge in [0.15, 0.2) is 0 Å². The number of hydrogen-bond donors (Lipinski definition) is 3. The van der Waals surface area contributed by atoms with Gasteiger partial charge < -0.3 is 10.4 Å². The van der Waals surface area contributed by atoms with E-state index in [4.69, 9.17) is 0 Å². The molecule has 15 heavy (non-hydrogen) atoms. The Bertz CT molecular complexity index is 274. The van der Waals surface area contributed by atoms with Crippen LogP contribution < -0.4 is 10.6 Å². The monoisotopic (exact) mass is 212 g/mol. The Morgan fingerprint density at radius 3 is 2.47 bits per heavy atom. The van der Waals surface area contributed by atoms with Crippen molar-refractivity contribution in [3.8, 4) is 0 Å². The van der Waals surface area contributed by atoms with Crippen molar-refractivity contribution in [2.75, 3.05) is 13.1 Å². The van der Waals surface area contributed by atoms with E-state index in [-0.39, 0.29) is 24.2 Å². The highest BCUT2D eigenvalue weighted by atomic mass is 16.3. The number of aliphatic hydroxyl groups excluding tert-OH is 1. The topological polar surface area (TPSA) is 78.4 Å². The third-order valence-corrected chi connectivity index (χ3v) is 3.27. The lowest BCUT2D eigenvalue weighted by molar-refractivity contribution is -0.144. The van der Waals surface area contributed by atoms with E-state index >= 15 is 0 Å². The maximum Gasteiger partial charge on any atom is 0.232 e. The van der Waals surface area contributed by atoms with Crippen molar-refractivity contribution in [2.24, 2.45) is 11.8 Å². The molecule has 0 aliphatic carbocycles. The molecule has 0 radical (unpaired) electrons. The van der Waals surface area contributed by atoms with E-state index in [9.17, 15) is 14.7 Å². The number of piperidine rings is 2. The molecule has 3 N–H and O–H groups in total. The second-order valence-corrected chi connectivity index (χ2v) is 4.30. The molecular formula is C10H16N2O3. The van der Waals surface area contributed by atoms with E-state index in [1.807, 2.05) is 0 Å². The van der Waals surface area contributed by atoms with Crippen LogP contribution in [0.5, 0.6) is 0 Å². The summed E-state index contributed by atoms with van der Waals surface area (Å²) in [4.78, 5) is 22.6. The number of carbonyl (C=O) groups excluding carboxylic acids is 2. The minimum atomic E-state index is -0.797. The van der Waals surface area contributed by atoms with Gasteiger partial charge in [-0.2, -0.15) is 0 Å². The Balaban J connectivity index is 2.05. The van der Waals surface area contributed by atoms with Crippen molar-refractivity contribution in [1.82, 2.24) is 10.6 Å². The van der Waals surface area contributed by atoms with Crippen LogP contribution in [0.1, 0.15) is 19.3 Å². The normalized spacial score (nSPS) is 33.9. The van der Waals surface area contributed by atoms with Crippen molar-refractivity contribution < 1.29 is 14.7 Å². The van der Waals surface area contributed by atoms with E-state index in [0.29, 0.717) is 0 Å². The molecule has 0 aromatic carbocycles. The van der Waals surface area contributed by atoms with Gasteiger partial charge >= 0.3 is 0 Å². The Labute approximate surface area is 88.2 Å². The molecule has 84 valence electrons. The smallest absolute Gasteiger partial charge is 0.232 e. The quantitative estimate of drug-likeness (QED) is 0.488. The summed E-state index contributed by atoms with van der Waals surface area (Å²) >= 11 is 0. The van der Waals surface area contributed by atoms with Crippen LogP contribution in [-0.2, 0) is 9.59 Å². The molecule has 2 heterocycles. The average Bonchev–Trinajstić information content (AvgIpc) is 2.17. The molecule has 5 nitrogen and oxygen atoms in total. The Morgan fingerprint density at radius 1 is 1.20 bits per heavy atom. The third-order valence-electron chi connectivity index (χ3n) is 3.27. The second kappa shape index (κ2) is 4.28. The zero-order valence-corrected chi connectivity index (χ0v) is 8.53.